The largest absolute Gasteiger partial charge is 0.493 e. The Labute approximate surface area is 231 Å². The van der Waals surface area contributed by atoms with Crippen molar-refractivity contribution >= 4 is 18.0 Å². The molecule has 6 atom stereocenters. The number of aliphatic hydroxyl groups is 1. The van der Waals surface area contributed by atoms with Gasteiger partial charge in [0, 0.05) is 18.6 Å². The maximum absolute atomic E-state index is 12.1. The molecule has 6 unspecified atom stereocenters. The van der Waals surface area contributed by atoms with E-state index in [4.69, 9.17) is 33.2 Å². The molecule has 2 saturated heterocycles. The van der Waals surface area contributed by atoms with Crippen LogP contribution in [0.2, 0.25) is 0 Å². The molecule has 2 aliphatic heterocycles. The van der Waals surface area contributed by atoms with Gasteiger partial charge in [-0.25, -0.2) is 4.79 Å². The minimum absolute atomic E-state index is 0.0851. The van der Waals surface area contributed by atoms with Crippen molar-refractivity contribution < 1.29 is 52.6 Å². The normalized spacial score (nSPS) is 25.9. The molecule has 216 valence electrons. The van der Waals surface area contributed by atoms with Crippen LogP contribution in [0.3, 0.4) is 0 Å². The molecule has 2 aromatic rings. The van der Waals surface area contributed by atoms with Crippen LogP contribution in [0.5, 0.6) is 23.0 Å². The average molecular weight is 560 g/mol. The van der Waals surface area contributed by atoms with Crippen molar-refractivity contribution in [3.8, 4) is 23.0 Å². The minimum Gasteiger partial charge on any atom is -0.493 e. The van der Waals surface area contributed by atoms with Gasteiger partial charge in [0.05, 0.1) is 35.0 Å². The number of esters is 1. The first-order valence-corrected chi connectivity index (χ1v) is 12.5. The van der Waals surface area contributed by atoms with E-state index in [1.807, 2.05) is 0 Å². The average Bonchev–Trinajstić information content (AvgIpc) is 2.97. The number of nitrogens with one attached hydrogen (secondary N) is 1. The van der Waals surface area contributed by atoms with Gasteiger partial charge in [-0.2, -0.15) is 0 Å². The van der Waals surface area contributed by atoms with Gasteiger partial charge in [-0.3, -0.25) is 4.79 Å². The molecule has 0 aliphatic carbocycles. The molecule has 40 heavy (non-hydrogen) atoms. The molecule has 2 heterocycles. The van der Waals surface area contributed by atoms with Crippen LogP contribution in [-0.2, 0) is 28.5 Å². The van der Waals surface area contributed by atoms with E-state index in [2.05, 4.69) is 10.1 Å². The van der Waals surface area contributed by atoms with Crippen LogP contribution in [0.1, 0.15) is 24.3 Å². The first-order chi connectivity index (χ1) is 19.3. The standard InChI is InChI=1S/C28H33NO11/c1-15(30)29-24-25(32)26-22(14-37-27(40-26)17-8-10-18(33-2)21(13-17)35-4)39-28(24)38-19-9-6-16(12-20(19)34-3)7-11-23(31)36-5/h6-13,22,24-28,32H,14H2,1-5H3,(H,29,30). The lowest BCUT2D eigenvalue weighted by Crippen LogP contribution is -2.67. The maximum Gasteiger partial charge on any atom is 0.330 e. The fourth-order valence-electron chi connectivity index (χ4n) is 4.49. The highest BCUT2D eigenvalue weighted by atomic mass is 16.7. The number of carbonyl (C=O) groups excluding carboxylic acids is 2. The van der Waals surface area contributed by atoms with Crippen LogP contribution in [0, 0.1) is 0 Å². The Balaban J connectivity index is 1.53. The molecular formula is C28H33NO11. The lowest BCUT2D eigenvalue weighted by Gasteiger charge is -2.47. The number of hydrogen-bond donors (Lipinski definition) is 2. The summed E-state index contributed by atoms with van der Waals surface area (Å²) in [5, 5.41) is 14.1. The van der Waals surface area contributed by atoms with E-state index in [9.17, 15) is 14.7 Å². The summed E-state index contributed by atoms with van der Waals surface area (Å²) < 4.78 is 45.0. The maximum atomic E-state index is 12.1. The third-order valence-corrected chi connectivity index (χ3v) is 6.46. The summed E-state index contributed by atoms with van der Waals surface area (Å²) in [6, 6.07) is 9.24. The second kappa shape index (κ2) is 13.0. The Morgan fingerprint density at radius 1 is 0.950 bits per heavy atom. The molecule has 4 rings (SSSR count). The molecular weight excluding hydrogens is 526 g/mol. The van der Waals surface area contributed by atoms with Gasteiger partial charge in [-0.15, -0.1) is 0 Å². The summed E-state index contributed by atoms with van der Waals surface area (Å²) in [6.45, 7) is 1.41. The van der Waals surface area contributed by atoms with E-state index in [1.165, 1.54) is 41.4 Å². The molecule has 0 radical (unpaired) electrons. The molecule has 0 bridgehead atoms. The Morgan fingerprint density at radius 3 is 2.33 bits per heavy atom. The number of fused-ring (bicyclic) bond motifs is 1. The quantitative estimate of drug-likeness (QED) is 0.344. The highest BCUT2D eigenvalue weighted by molar-refractivity contribution is 5.87. The summed E-state index contributed by atoms with van der Waals surface area (Å²) >= 11 is 0. The van der Waals surface area contributed by atoms with Gasteiger partial charge in [0.1, 0.15) is 24.4 Å². The fraction of sp³-hybridized carbons (Fsp3) is 0.429. The minimum atomic E-state index is -1.20. The number of hydrogen-bond acceptors (Lipinski definition) is 11. The molecule has 2 fully saturated rings. The van der Waals surface area contributed by atoms with E-state index in [0.717, 1.165) is 0 Å². The van der Waals surface area contributed by atoms with Gasteiger partial charge in [-0.1, -0.05) is 12.1 Å². The summed E-state index contributed by atoms with van der Waals surface area (Å²) in [6.07, 6.45) is -1.81. The van der Waals surface area contributed by atoms with Crippen molar-refractivity contribution in [2.24, 2.45) is 0 Å². The molecule has 12 heteroatoms. The van der Waals surface area contributed by atoms with Gasteiger partial charge in [0.2, 0.25) is 12.2 Å². The monoisotopic (exact) mass is 559 g/mol. The number of rotatable bonds is 9. The summed E-state index contributed by atoms with van der Waals surface area (Å²) in [5.41, 5.74) is 1.32. The molecule has 2 aromatic carbocycles. The third-order valence-electron chi connectivity index (χ3n) is 6.46. The number of benzene rings is 2. The Hall–Kier alpha value is -3.84. The Bertz CT molecular complexity index is 1230. The van der Waals surface area contributed by atoms with Crippen LogP contribution < -0.4 is 24.3 Å². The molecule has 0 saturated carbocycles. The van der Waals surface area contributed by atoms with Crippen molar-refractivity contribution in [2.75, 3.05) is 35.0 Å². The number of carbonyl (C=O) groups is 2. The zero-order valence-electron chi connectivity index (χ0n) is 22.8. The predicted octanol–water partition coefficient (Wildman–Crippen LogP) is 1.98. The second-order valence-corrected chi connectivity index (χ2v) is 9.02. The highest BCUT2D eigenvalue weighted by Gasteiger charge is 2.51. The number of amides is 1. The van der Waals surface area contributed by atoms with Gasteiger partial charge in [0.15, 0.2) is 29.3 Å². The Morgan fingerprint density at radius 2 is 1.65 bits per heavy atom. The van der Waals surface area contributed by atoms with Gasteiger partial charge in [0.25, 0.3) is 0 Å². The smallest absolute Gasteiger partial charge is 0.330 e. The number of ether oxygens (including phenoxy) is 8. The van der Waals surface area contributed by atoms with E-state index in [0.29, 0.717) is 34.1 Å². The fourth-order valence-corrected chi connectivity index (χ4v) is 4.49. The number of aliphatic hydroxyl groups excluding tert-OH is 1. The lowest BCUT2D eigenvalue weighted by molar-refractivity contribution is -0.333. The summed E-state index contributed by atoms with van der Waals surface area (Å²) in [7, 11) is 5.82. The van der Waals surface area contributed by atoms with E-state index in [1.54, 1.807) is 42.5 Å². The van der Waals surface area contributed by atoms with Crippen LogP contribution in [0.15, 0.2) is 42.5 Å². The van der Waals surface area contributed by atoms with Crippen molar-refractivity contribution in [1.29, 1.82) is 0 Å². The zero-order chi connectivity index (χ0) is 28.8. The van der Waals surface area contributed by atoms with Gasteiger partial charge in [-0.05, 0) is 35.9 Å². The van der Waals surface area contributed by atoms with Crippen molar-refractivity contribution in [3.63, 3.8) is 0 Å². The first-order valence-electron chi connectivity index (χ1n) is 12.5. The summed E-state index contributed by atoms with van der Waals surface area (Å²) in [4.78, 5) is 23.5. The van der Waals surface area contributed by atoms with Crippen molar-refractivity contribution in [2.45, 2.75) is 43.9 Å². The van der Waals surface area contributed by atoms with Crippen LogP contribution >= 0.6 is 0 Å². The molecule has 0 aromatic heterocycles. The lowest BCUT2D eigenvalue weighted by atomic mass is 9.95. The zero-order valence-corrected chi connectivity index (χ0v) is 22.8. The van der Waals surface area contributed by atoms with Crippen LogP contribution in [-0.4, -0.2) is 82.7 Å². The number of methoxy groups -OCH3 is 4. The van der Waals surface area contributed by atoms with E-state index in [-0.39, 0.29) is 6.61 Å². The van der Waals surface area contributed by atoms with Crippen molar-refractivity contribution in [3.05, 3.63) is 53.6 Å². The topological polar surface area (TPSA) is 140 Å². The first kappa shape index (κ1) is 29.2. The predicted molar refractivity (Wildman–Crippen MR) is 140 cm³/mol. The SMILES string of the molecule is COC(=O)C=Cc1ccc(OC2OC3COC(c4ccc(OC)c(OC)c4)OC3C(O)C2NC(C)=O)c(OC)c1. The molecule has 2 N–H and O–H groups in total. The third kappa shape index (κ3) is 6.48. The van der Waals surface area contributed by atoms with Crippen LogP contribution in [0.4, 0.5) is 0 Å². The highest BCUT2D eigenvalue weighted by Crippen LogP contribution is 2.38. The van der Waals surface area contributed by atoms with Gasteiger partial charge < -0.3 is 48.3 Å². The van der Waals surface area contributed by atoms with E-state index >= 15 is 0 Å². The molecule has 2 aliphatic rings. The summed E-state index contributed by atoms with van der Waals surface area (Å²) in [5.74, 6) is 0.804. The van der Waals surface area contributed by atoms with E-state index < -0.39 is 48.8 Å². The molecule has 0 spiro atoms. The van der Waals surface area contributed by atoms with Crippen molar-refractivity contribution in [1.82, 2.24) is 5.32 Å². The van der Waals surface area contributed by atoms with Crippen LogP contribution in [0.25, 0.3) is 6.08 Å². The molecule has 1 amide bonds. The second-order valence-electron chi connectivity index (χ2n) is 9.02. The van der Waals surface area contributed by atoms with Gasteiger partial charge >= 0.3 is 5.97 Å². The molecule has 12 nitrogen and oxygen atoms in total. The Kier molecular flexibility index (Phi) is 9.48.